The van der Waals surface area contributed by atoms with Gasteiger partial charge in [0.2, 0.25) is 17.8 Å². The molecule has 192 valence electrons. The monoisotopic (exact) mass is 484 g/mol. The number of ether oxygens (including phenoxy) is 1. The number of carbonyl (C=O) groups is 2. The molecule has 1 aliphatic carbocycles. The summed E-state index contributed by atoms with van der Waals surface area (Å²) in [6.45, 7) is 2.68. The van der Waals surface area contributed by atoms with Crippen LogP contribution >= 0.6 is 0 Å². The van der Waals surface area contributed by atoms with Crippen LogP contribution in [0.25, 0.3) is 0 Å². The second kappa shape index (κ2) is 12.9. The zero-order chi connectivity index (χ0) is 24.5. The Bertz CT molecular complexity index is 897. The van der Waals surface area contributed by atoms with Crippen molar-refractivity contribution in [3.8, 4) is 5.75 Å². The Morgan fingerprint density at radius 1 is 1.09 bits per heavy atom. The lowest BCUT2D eigenvalue weighted by Gasteiger charge is -2.34. The van der Waals surface area contributed by atoms with Gasteiger partial charge in [-0.1, -0.05) is 32.1 Å². The van der Waals surface area contributed by atoms with Crippen LogP contribution in [0.15, 0.2) is 23.2 Å². The van der Waals surface area contributed by atoms with Crippen LogP contribution in [-0.2, 0) is 16.1 Å². The molecular weight excluding hydrogens is 444 g/mol. The first kappa shape index (κ1) is 25.5. The summed E-state index contributed by atoms with van der Waals surface area (Å²) in [6.07, 6.45) is 12.2. The first-order valence-corrected chi connectivity index (χ1v) is 13.4. The predicted octanol–water partition coefficient (Wildman–Crippen LogP) is 3.88. The molecule has 1 saturated carbocycles. The van der Waals surface area contributed by atoms with Crippen molar-refractivity contribution in [2.75, 3.05) is 26.3 Å². The summed E-state index contributed by atoms with van der Waals surface area (Å²) in [5.74, 6) is 1.70. The minimum absolute atomic E-state index is 0.0219. The van der Waals surface area contributed by atoms with Gasteiger partial charge >= 0.3 is 0 Å². The molecule has 2 amide bonds. The highest BCUT2D eigenvalue weighted by molar-refractivity contribution is 6.05. The third-order valence-electron chi connectivity index (χ3n) is 7.22. The van der Waals surface area contributed by atoms with Gasteiger partial charge in [-0.05, 0) is 56.7 Å². The third-order valence-corrected chi connectivity index (χ3v) is 7.22. The van der Waals surface area contributed by atoms with E-state index < -0.39 is 0 Å². The molecule has 4 rings (SSSR count). The van der Waals surface area contributed by atoms with E-state index in [1.54, 1.807) is 0 Å². The van der Waals surface area contributed by atoms with Gasteiger partial charge in [-0.25, -0.2) is 4.99 Å². The molecule has 0 radical (unpaired) electrons. The number of aliphatic hydroxyl groups excluding tert-OH is 1. The first-order chi connectivity index (χ1) is 17.1. The average molecular weight is 485 g/mol. The number of hydrogen-bond acceptors (Lipinski definition) is 6. The van der Waals surface area contributed by atoms with E-state index in [0.29, 0.717) is 38.1 Å². The van der Waals surface area contributed by atoms with Gasteiger partial charge in [0.15, 0.2) is 0 Å². The Hall–Kier alpha value is -2.61. The van der Waals surface area contributed by atoms with Crippen molar-refractivity contribution in [2.24, 2.45) is 4.99 Å². The van der Waals surface area contributed by atoms with Crippen LogP contribution in [0.4, 0.5) is 5.69 Å². The summed E-state index contributed by atoms with van der Waals surface area (Å²) < 4.78 is 5.97. The fourth-order valence-electron chi connectivity index (χ4n) is 5.29. The normalized spacial score (nSPS) is 17.5. The van der Waals surface area contributed by atoms with E-state index in [0.717, 1.165) is 74.9 Å². The van der Waals surface area contributed by atoms with Gasteiger partial charge in [0.1, 0.15) is 12.3 Å². The first-order valence-electron chi connectivity index (χ1n) is 13.4. The zero-order valence-electron chi connectivity index (χ0n) is 20.8. The molecule has 0 atom stereocenters. The third kappa shape index (κ3) is 7.19. The van der Waals surface area contributed by atoms with E-state index in [4.69, 9.17) is 9.84 Å². The number of amides is 2. The zero-order valence-corrected chi connectivity index (χ0v) is 20.8. The maximum absolute atomic E-state index is 13.1. The standard InChI is InChI=1S/C27H40N4O4/c32-16-8-2-1-7-15-31(22-10-4-3-5-11-22)26(34)12-6-9-17-35-23-13-14-24-21(18-23)19-30-20-25(33)29-27(30)28-24/h13-14,18,22,32H,1-12,15-17,19-20H2,(H,28,29,33). The number of aliphatic hydroxyl groups is 1. The molecule has 3 aliphatic rings. The van der Waals surface area contributed by atoms with Gasteiger partial charge in [0, 0.05) is 37.7 Å². The fraction of sp³-hybridized carbons (Fsp3) is 0.667. The molecule has 8 heteroatoms. The Kier molecular flexibility index (Phi) is 9.40. The molecule has 1 aromatic carbocycles. The highest BCUT2D eigenvalue weighted by Crippen LogP contribution is 2.30. The average Bonchev–Trinajstić information content (AvgIpc) is 3.23. The van der Waals surface area contributed by atoms with Crippen LogP contribution in [0.3, 0.4) is 0 Å². The molecule has 2 N–H and O–H groups in total. The maximum Gasteiger partial charge on any atom is 0.246 e. The van der Waals surface area contributed by atoms with Crippen molar-refractivity contribution < 1.29 is 19.4 Å². The Labute approximate surface area is 208 Å². The van der Waals surface area contributed by atoms with E-state index in [1.807, 2.05) is 23.1 Å². The molecular formula is C27H40N4O4. The Morgan fingerprint density at radius 2 is 1.91 bits per heavy atom. The number of fused-ring (bicyclic) bond motifs is 2. The summed E-state index contributed by atoms with van der Waals surface area (Å²) in [4.78, 5) is 33.3. The Balaban J connectivity index is 1.19. The molecule has 0 spiro atoms. The van der Waals surface area contributed by atoms with Crippen LogP contribution < -0.4 is 10.1 Å². The van der Waals surface area contributed by atoms with E-state index >= 15 is 0 Å². The number of nitrogens with zero attached hydrogens (tertiary/aromatic N) is 3. The molecule has 1 aromatic rings. The molecule has 2 aliphatic heterocycles. The lowest BCUT2D eigenvalue weighted by molar-refractivity contribution is -0.134. The molecule has 2 heterocycles. The summed E-state index contributed by atoms with van der Waals surface area (Å²) in [6, 6.07) is 6.27. The summed E-state index contributed by atoms with van der Waals surface area (Å²) in [5.41, 5.74) is 1.93. The molecule has 0 aromatic heterocycles. The van der Waals surface area contributed by atoms with Crippen LogP contribution in [0.1, 0.15) is 82.6 Å². The van der Waals surface area contributed by atoms with Gasteiger partial charge in [-0.15, -0.1) is 0 Å². The van der Waals surface area contributed by atoms with Crippen molar-refractivity contribution >= 4 is 23.5 Å². The van der Waals surface area contributed by atoms with Crippen molar-refractivity contribution in [1.29, 1.82) is 0 Å². The summed E-state index contributed by atoms with van der Waals surface area (Å²) in [5, 5.41) is 11.8. The number of rotatable bonds is 13. The molecule has 2 fully saturated rings. The van der Waals surface area contributed by atoms with E-state index in [-0.39, 0.29) is 18.4 Å². The van der Waals surface area contributed by atoms with Crippen molar-refractivity contribution in [2.45, 2.75) is 89.6 Å². The number of benzene rings is 1. The van der Waals surface area contributed by atoms with Crippen molar-refractivity contribution in [3.05, 3.63) is 23.8 Å². The molecule has 0 bridgehead atoms. The van der Waals surface area contributed by atoms with Gasteiger partial charge in [-0.3, -0.25) is 14.9 Å². The number of hydrogen-bond donors (Lipinski definition) is 2. The van der Waals surface area contributed by atoms with Gasteiger partial charge < -0.3 is 19.6 Å². The fourth-order valence-corrected chi connectivity index (χ4v) is 5.29. The van der Waals surface area contributed by atoms with Crippen LogP contribution in [-0.4, -0.2) is 65.0 Å². The Morgan fingerprint density at radius 3 is 2.74 bits per heavy atom. The lowest BCUT2D eigenvalue weighted by Crippen LogP contribution is -2.42. The maximum atomic E-state index is 13.1. The van der Waals surface area contributed by atoms with Crippen molar-refractivity contribution in [3.63, 3.8) is 0 Å². The number of nitrogens with one attached hydrogen (secondary N) is 1. The lowest BCUT2D eigenvalue weighted by atomic mass is 9.93. The highest BCUT2D eigenvalue weighted by Gasteiger charge is 2.29. The van der Waals surface area contributed by atoms with Gasteiger partial charge in [-0.2, -0.15) is 0 Å². The molecule has 1 saturated heterocycles. The highest BCUT2D eigenvalue weighted by atomic mass is 16.5. The number of unbranched alkanes of at least 4 members (excludes halogenated alkanes) is 4. The second-order valence-corrected chi connectivity index (χ2v) is 9.95. The number of carbonyl (C=O) groups excluding carboxylic acids is 2. The summed E-state index contributed by atoms with van der Waals surface area (Å²) >= 11 is 0. The van der Waals surface area contributed by atoms with E-state index in [2.05, 4.69) is 15.2 Å². The van der Waals surface area contributed by atoms with E-state index in [1.165, 1.54) is 19.3 Å². The van der Waals surface area contributed by atoms with Crippen LogP contribution in [0.5, 0.6) is 5.75 Å². The molecule has 8 nitrogen and oxygen atoms in total. The minimum atomic E-state index is -0.0219. The van der Waals surface area contributed by atoms with Crippen molar-refractivity contribution in [1.82, 2.24) is 15.1 Å². The SMILES string of the molecule is O=C1CN2Cc3cc(OCCCCC(=O)N(CCCCCCO)C4CCCCC4)ccc3N=C2N1. The number of aliphatic imine (C=N–C) groups is 1. The number of guanidine groups is 1. The van der Waals surface area contributed by atoms with E-state index in [9.17, 15) is 9.59 Å². The molecule has 35 heavy (non-hydrogen) atoms. The predicted molar refractivity (Wildman–Crippen MR) is 136 cm³/mol. The summed E-state index contributed by atoms with van der Waals surface area (Å²) in [7, 11) is 0. The topological polar surface area (TPSA) is 94.5 Å². The van der Waals surface area contributed by atoms with Crippen LogP contribution in [0, 0.1) is 0 Å². The van der Waals surface area contributed by atoms with Gasteiger partial charge in [0.05, 0.1) is 12.3 Å². The molecule has 0 unspecified atom stereocenters. The smallest absolute Gasteiger partial charge is 0.246 e. The quantitative estimate of drug-likeness (QED) is 0.415. The second-order valence-electron chi connectivity index (χ2n) is 9.95. The van der Waals surface area contributed by atoms with Crippen LogP contribution in [0.2, 0.25) is 0 Å². The minimum Gasteiger partial charge on any atom is -0.494 e. The van der Waals surface area contributed by atoms with Gasteiger partial charge in [0.25, 0.3) is 0 Å². The largest absolute Gasteiger partial charge is 0.494 e.